The molecule has 0 saturated carbocycles. The van der Waals surface area contributed by atoms with Gasteiger partial charge in [-0.1, -0.05) is 13.8 Å². The third-order valence-electron chi connectivity index (χ3n) is 3.30. The predicted octanol–water partition coefficient (Wildman–Crippen LogP) is 0.410. The summed E-state index contributed by atoms with van der Waals surface area (Å²) in [6, 6.07) is -0.453. The molecule has 4 nitrogen and oxygen atoms in total. The number of carbonyl (C=O) groups is 1. The van der Waals surface area contributed by atoms with E-state index in [0.717, 1.165) is 6.54 Å². The number of nitrogens with zero attached hydrogens (tertiary/aromatic N) is 1. The Balaban J connectivity index is 2.67. The molecule has 1 fully saturated rings. The maximum absolute atomic E-state index is 10.8. The van der Waals surface area contributed by atoms with Crippen molar-refractivity contribution >= 4 is 5.97 Å². The smallest absolute Gasteiger partial charge is 0.320 e. The number of aliphatic hydroxyl groups is 1. The Kier molecular flexibility index (Phi) is 3.17. The van der Waals surface area contributed by atoms with Gasteiger partial charge in [0.1, 0.15) is 6.04 Å². The van der Waals surface area contributed by atoms with Crippen LogP contribution >= 0.6 is 0 Å². The van der Waals surface area contributed by atoms with Gasteiger partial charge < -0.3 is 10.2 Å². The van der Waals surface area contributed by atoms with Crippen LogP contribution < -0.4 is 0 Å². The number of carboxylic acids is 1. The minimum absolute atomic E-state index is 0.0124. The molecule has 0 bridgehead atoms. The Labute approximate surface area is 84.5 Å². The minimum Gasteiger partial charge on any atom is -0.480 e. The largest absolute Gasteiger partial charge is 0.480 e. The average molecular weight is 201 g/mol. The lowest BCUT2D eigenvalue weighted by molar-refractivity contribution is -0.142. The maximum atomic E-state index is 10.8. The normalized spacial score (nSPS) is 29.0. The second-order valence-electron chi connectivity index (χ2n) is 4.81. The summed E-state index contributed by atoms with van der Waals surface area (Å²) in [5.74, 6) is -0.608. The summed E-state index contributed by atoms with van der Waals surface area (Å²) in [6.45, 7) is 7.39. The van der Waals surface area contributed by atoms with Crippen LogP contribution in [0.15, 0.2) is 0 Å². The first-order valence-corrected chi connectivity index (χ1v) is 4.96. The van der Waals surface area contributed by atoms with E-state index in [1.54, 1.807) is 6.92 Å². The molecule has 0 amide bonds. The standard InChI is InChI=1S/C10H19NO3/c1-7(9(13)14)11-4-8(5-12)10(2,3)6-11/h7-8,12H,4-6H2,1-3H3,(H,13,14)/t7-,8-/m0/s1. The lowest BCUT2D eigenvalue weighted by atomic mass is 9.83. The van der Waals surface area contributed by atoms with Crippen molar-refractivity contribution in [2.45, 2.75) is 26.8 Å². The van der Waals surface area contributed by atoms with Crippen molar-refractivity contribution in [3.05, 3.63) is 0 Å². The first kappa shape index (κ1) is 11.5. The quantitative estimate of drug-likeness (QED) is 0.694. The van der Waals surface area contributed by atoms with Crippen LogP contribution in [0.5, 0.6) is 0 Å². The van der Waals surface area contributed by atoms with E-state index in [-0.39, 0.29) is 17.9 Å². The molecular weight excluding hydrogens is 182 g/mol. The van der Waals surface area contributed by atoms with Crippen LogP contribution in [-0.2, 0) is 4.79 Å². The molecule has 0 aromatic heterocycles. The lowest BCUT2D eigenvalue weighted by Crippen LogP contribution is -2.38. The Bertz CT molecular complexity index is 227. The van der Waals surface area contributed by atoms with Crippen LogP contribution in [0, 0.1) is 11.3 Å². The molecule has 0 aromatic rings. The van der Waals surface area contributed by atoms with Crippen molar-refractivity contribution in [2.75, 3.05) is 19.7 Å². The zero-order valence-corrected chi connectivity index (χ0v) is 9.03. The summed E-state index contributed by atoms with van der Waals surface area (Å²) in [5, 5.41) is 18.0. The molecule has 1 heterocycles. The summed E-state index contributed by atoms with van der Waals surface area (Å²) in [6.07, 6.45) is 0. The van der Waals surface area contributed by atoms with Crippen LogP contribution in [0.2, 0.25) is 0 Å². The number of likely N-dealkylation sites (tertiary alicyclic amines) is 1. The Morgan fingerprint density at radius 2 is 2.21 bits per heavy atom. The van der Waals surface area contributed by atoms with Crippen molar-refractivity contribution in [3.8, 4) is 0 Å². The number of hydrogen-bond donors (Lipinski definition) is 2. The molecule has 0 aliphatic carbocycles. The average Bonchev–Trinajstić information content (AvgIpc) is 2.39. The van der Waals surface area contributed by atoms with Crippen molar-refractivity contribution < 1.29 is 15.0 Å². The molecule has 1 aliphatic rings. The third-order valence-corrected chi connectivity index (χ3v) is 3.30. The van der Waals surface area contributed by atoms with Crippen LogP contribution in [-0.4, -0.2) is 46.8 Å². The topological polar surface area (TPSA) is 60.8 Å². The van der Waals surface area contributed by atoms with Gasteiger partial charge in [0.2, 0.25) is 0 Å². The number of aliphatic hydroxyl groups excluding tert-OH is 1. The van der Waals surface area contributed by atoms with E-state index in [4.69, 9.17) is 10.2 Å². The summed E-state index contributed by atoms with van der Waals surface area (Å²) in [4.78, 5) is 12.7. The first-order chi connectivity index (χ1) is 6.38. The Morgan fingerprint density at radius 3 is 2.57 bits per heavy atom. The molecule has 2 atom stereocenters. The minimum atomic E-state index is -0.792. The molecule has 14 heavy (non-hydrogen) atoms. The fraction of sp³-hybridized carbons (Fsp3) is 0.900. The molecule has 4 heteroatoms. The van der Waals surface area contributed by atoms with Crippen LogP contribution in [0.1, 0.15) is 20.8 Å². The zero-order chi connectivity index (χ0) is 10.9. The highest BCUT2D eigenvalue weighted by atomic mass is 16.4. The van der Waals surface area contributed by atoms with Gasteiger partial charge in [0.05, 0.1) is 0 Å². The van der Waals surface area contributed by atoms with Gasteiger partial charge in [0.15, 0.2) is 0 Å². The van der Waals surface area contributed by atoms with E-state index in [9.17, 15) is 4.79 Å². The van der Waals surface area contributed by atoms with E-state index >= 15 is 0 Å². The van der Waals surface area contributed by atoms with E-state index in [0.29, 0.717) is 6.54 Å². The lowest BCUT2D eigenvalue weighted by Gasteiger charge is -2.24. The van der Waals surface area contributed by atoms with Crippen molar-refractivity contribution in [1.29, 1.82) is 0 Å². The van der Waals surface area contributed by atoms with Crippen LogP contribution in [0.4, 0.5) is 0 Å². The van der Waals surface area contributed by atoms with E-state index < -0.39 is 12.0 Å². The fourth-order valence-corrected chi connectivity index (χ4v) is 2.00. The SMILES string of the molecule is C[C@@H](C(=O)O)N1C[C@@H](CO)C(C)(C)C1. The second-order valence-corrected chi connectivity index (χ2v) is 4.81. The molecular formula is C10H19NO3. The summed E-state index contributed by atoms with van der Waals surface area (Å²) in [5.41, 5.74) is 0.0124. The molecule has 1 saturated heterocycles. The molecule has 0 radical (unpaired) electrons. The van der Waals surface area contributed by atoms with Gasteiger partial charge in [-0.2, -0.15) is 0 Å². The maximum Gasteiger partial charge on any atom is 0.320 e. The molecule has 0 spiro atoms. The van der Waals surface area contributed by atoms with E-state index in [2.05, 4.69) is 13.8 Å². The van der Waals surface area contributed by atoms with Gasteiger partial charge in [0, 0.05) is 25.6 Å². The third kappa shape index (κ3) is 2.07. The zero-order valence-electron chi connectivity index (χ0n) is 9.03. The van der Waals surface area contributed by atoms with Crippen molar-refractivity contribution in [1.82, 2.24) is 4.90 Å². The fourth-order valence-electron chi connectivity index (χ4n) is 2.00. The van der Waals surface area contributed by atoms with Gasteiger partial charge in [-0.15, -0.1) is 0 Å². The van der Waals surface area contributed by atoms with Gasteiger partial charge in [-0.25, -0.2) is 0 Å². The molecule has 1 aliphatic heterocycles. The Hall–Kier alpha value is -0.610. The molecule has 82 valence electrons. The highest BCUT2D eigenvalue weighted by molar-refractivity contribution is 5.72. The van der Waals surface area contributed by atoms with Gasteiger partial charge in [-0.05, 0) is 12.3 Å². The van der Waals surface area contributed by atoms with Gasteiger partial charge in [-0.3, -0.25) is 9.69 Å². The predicted molar refractivity (Wildman–Crippen MR) is 53.0 cm³/mol. The van der Waals surface area contributed by atoms with Crippen LogP contribution in [0.3, 0.4) is 0 Å². The molecule has 2 N–H and O–H groups in total. The van der Waals surface area contributed by atoms with Crippen molar-refractivity contribution in [3.63, 3.8) is 0 Å². The summed E-state index contributed by atoms with van der Waals surface area (Å²) < 4.78 is 0. The van der Waals surface area contributed by atoms with Gasteiger partial charge >= 0.3 is 5.97 Å². The summed E-state index contributed by atoms with van der Waals surface area (Å²) in [7, 11) is 0. The molecule has 1 rings (SSSR count). The monoisotopic (exact) mass is 201 g/mol. The van der Waals surface area contributed by atoms with Crippen molar-refractivity contribution in [2.24, 2.45) is 11.3 Å². The summed E-state index contributed by atoms with van der Waals surface area (Å²) >= 11 is 0. The van der Waals surface area contributed by atoms with Gasteiger partial charge in [0.25, 0.3) is 0 Å². The second kappa shape index (κ2) is 3.87. The number of rotatable bonds is 3. The van der Waals surface area contributed by atoms with E-state index in [1.165, 1.54) is 0 Å². The number of aliphatic carboxylic acids is 1. The number of hydrogen-bond acceptors (Lipinski definition) is 3. The number of carboxylic acid groups (broad SMARTS) is 1. The molecule has 0 aromatic carbocycles. The highest BCUT2D eigenvalue weighted by Crippen LogP contribution is 2.35. The van der Waals surface area contributed by atoms with E-state index in [1.807, 2.05) is 4.90 Å². The highest BCUT2D eigenvalue weighted by Gasteiger charge is 2.41. The Morgan fingerprint density at radius 1 is 1.64 bits per heavy atom. The molecule has 0 unspecified atom stereocenters. The first-order valence-electron chi connectivity index (χ1n) is 4.96. The van der Waals surface area contributed by atoms with Crippen LogP contribution in [0.25, 0.3) is 0 Å².